The molecule has 1 aliphatic carbocycles. The van der Waals surface area contributed by atoms with Gasteiger partial charge in [0.05, 0.1) is 18.6 Å². The highest BCUT2D eigenvalue weighted by Gasteiger charge is 2.29. The summed E-state index contributed by atoms with van der Waals surface area (Å²) in [4.78, 5) is 25.6. The van der Waals surface area contributed by atoms with Crippen LogP contribution >= 0.6 is 0 Å². The molecule has 3 rings (SSSR count). The Labute approximate surface area is 195 Å². The standard InChI is InChI=1S/C26H36N2O5/c1-3-32-17-33-16-23(27-25(29)20-10-8-18(2)9-11-20)15-24(26(30)28-31)22-13-12-19-6-4-5-7-21(19)14-22/h4-7,12-14,18,20,23-24,31H,3,8-11,15-17H2,1-2H3,(H,27,29)(H,28,30)/t18?,20?,23-,24-/m0/s1. The zero-order valence-electron chi connectivity index (χ0n) is 19.6. The number of carbonyl (C=O) groups excluding carboxylic acids is 2. The molecule has 0 heterocycles. The number of carbonyl (C=O) groups is 2. The van der Waals surface area contributed by atoms with Crippen LogP contribution in [0.2, 0.25) is 0 Å². The SMILES string of the molecule is CCOCOC[C@H](C[C@H](C(=O)NO)c1ccc2ccccc2c1)NC(=O)C1CCC(C)CC1. The highest BCUT2D eigenvalue weighted by molar-refractivity contribution is 5.87. The van der Waals surface area contributed by atoms with Crippen molar-refractivity contribution in [1.29, 1.82) is 0 Å². The van der Waals surface area contributed by atoms with Crippen molar-refractivity contribution < 1.29 is 24.3 Å². The van der Waals surface area contributed by atoms with E-state index in [1.54, 1.807) is 5.48 Å². The van der Waals surface area contributed by atoms with Crippen molar-refractivity contribution in [3.63, 3.8) is 0 Å². The zero-order chi connectivity index (χ0) is 23.6. The minimum absolute atomic E-state index is 0.00794. The molecule has 0 aromatic heterocycles. The molecule has 0 spiro atoms. The minimum atomic E-state index is -0.646. The summed E-state index contributed by atoms with van der Waals surface area (Å²) in [6.45, 7) is 4.98. The topological polar surface area (TPSA) is 96.9 Å². The predicted molar refractivity (Wildman–Crippen MR) is 127 cm³/mol. The first kappa shape index (κ1) is 25.1. The highest BCUT2D eigenvalue weighted by Crippen LogP contribution is 2.29. The third kappa shape index (κ3) is 7.25. The maximum Gasteiger partial charge on any atom is 0.250 e. The fraction of sp³-hybridized carbons (Fsp3) is 0.538. The molecule has 1 fully saturated rings. The van der Waals surface area contributed by atoms with E-state index in [1.165, 1.54) is 0 Å². The molecular weight excluding hydrogens is 420 g/mol. The largest absolute Gasteiger partial charge is 0.356 e. The second kappa shape index (κ2) is 12.7. The maximum absolute atomic E-state index is 13.0. The minimum Gasteiger partial charge on any atom is -0.356 e. The summed E-state index contributed by atoms with van der Waals surface area (Å²) in [7, 11) is 0. The smallest absolute Gasteiger partial charge is 0.250 e. The molecule has 2 amide bonds. The van der Waals surface area contributed by atoms with Gasteiger partial charge in [0.15, 0.2) is 0 Å². The monoisotopic (exact) mass is 456 g/mol. The summed E-state index contributed by atoms with van der Waals surface area (Å²) in [5.41, 5.74) is 2.57. The number of hydroxylamine groups is 1. The Morgan fingerprint density at radius 2 is 1.79 bits per heavy atom. The van der Waals surface area contributed by atoms with Gasteiger partial charge >= 0.3 is 0 Å². The molecule has 0 aliphatic heterocycles. The molecule has 180 valence electrons. The van der Waals surface area contributed by atoms with Crippen LogP contribution in [-0.4, -0.2) is 43.1 Å². The number of benzene rings is 2. The van der Waals surface area contributed by atoms with Gasteiger partial charge in [0.2, 0.25) is 5.91 Å². The number of rotatable bonds is 11. The Balaban J connectivity index is 1.76. The molecule has 7 nitrogen and oxygen atoms in total. The van der Waals surface area contributed by atoms with E-state index in [-0.39, 0.29) is 25.2 Å². The molecular formula is C26H36N2O5. The summed E-state index contributed by atoms with van der Waals surface area (Å²) in [6.07, 6.45) is 4.16. The molecule has 1 saturated carbocycles. The van der Waals surface area contributed by atoms with E-state index < -0.39 is 17.9 Å². The van der Waals surface area contributed by atoms with Crippen molar-refractivity contribution in [2.24, 2.45) is 11.8 Å². The van der Waals surface area contributed by atoms with E-state index in [9.17, 15) is 14.8 Å². The molecule has 0 unspecified atom stereocenters. The normalized spacial score (nSPS) is 20.2. The van der Waals surface area contributed by atoms with Crippen LogP contribution in [0.5, 0.6) is 0 Å². The summed E-state index contributed by atoms with van der Waals surface area (Å²) >= 11 is 0. The van der Waals surface area contributed by atoms with Crippen LogP contribution in [0.4, 0.5) is 0 Å². The highest BCUT2D eigenvalue weighted by atomic mass is 16.7. The maximum atomic E-state index is 13.0. The molecule has 2 aromatic carbocycles. The van der Waals surface area contributed by atoms with E-state index >= 15 is 0 Å². The van der Waals surface area contributed by atoms with Gasteiger partial charge < -0.3 is 14.8 Å². The van der Waals surface area contributed by atoms with Crippen molar-refractivity contribution >= 4 is 22.6 Å². The lowest BCUT2D eigenvalue weighted by atomic mass is 9.82. The van der Waals surface area contributed by atoms with Crippen LogP contribution in [0.3, 0.4) is 0 Å². The molecule has 33 heavy (non-hydrogen) atoms. The number of hydrogen-bond acceptors (Lipinski definition) is 5. The van der Waals surface area contributed by atoms with E-state index in [4.69, 9.17) is 9.47 Å². The molecule has 0 radical (unpaired) electrons. The Bertz CT molecular complexity index is 910. The van der Waals surface area contributed by atoms with Crippen molar-refractivity contribution in [3.8, 4) is 0 Å². The van der Waals surface area contributed by atoms with Gasteiger partial charge in [-0.3, -0.25) is 14.8 Å². The first-order chi connectivity index (χ1) is 16.0. The summed E-state index contributed by atoms with van der Waals surface area (Å²) < 4.78 is 10.9. The van der Waals surface area contributed by atoms with Gasteiger partial charge in [-0.25, -0.2) is 5.48 Å². The fourth-order valence-corrected chi connectivity index (χ4v) is 4.52. The lowest BCUT2D eigenvalue weighted by Gasteiger charge is -2.29. The van der Waals surface area contributed by atoms with Gasteiger partial charge in [-0.2, -0.15) is 0 Å². The lowest BCUT2D eigenvalue weighted by Crippen LogP contribution is -2.44. The molecule has 2 atom stereocenters. The number of hydrogen-bond donors (Lipinski definition) is 3. The van der Waals surface area contributed by atoms with Crippen molar-refractivity contribution in [3.05, 3.63) is 48.0 Å². The van der Waals surface area contributed by atoms with Gasteiger partial charge in [0, 0.05) is 12.5 Å². The van der Waals surface area contributed by atoms with Gasteiger partial charge in [-0.15, -0.1) is 0 Å². The number of amides is 2. The van der Waals surface area contributed by atoms with Gasteiger partial charge in [-0.1, -0.05) is 49.4 Å². The third-order valence-electron chi connectivity index (χ3n) is 6.55. The van der Waals surface area contributed by atoms with Crippen LogP contribution in [-0.2, 0) is 19.1 Å². The predicted octanol–water partition coefficient (Wildman–Crippen LogP) is 4.14. The summed E-state index contributed by atoms with van der Waals surface area (Å²) in [5.74, 6) is -0.507. The number of fused-ring (bicyclic) bond motifs is 1. The second-order valence-electron chi connectivity index (χ2n) is 9.01. The number of nitrogens with one attached hydrogen (secondary N) is 2. The molecule has 0 bridgehead atoms. The third-order valence-corrected chi connectivity index (χ3v) is 6.55. The van der Waals surface area contributed by atoms with E-state index in [2.05, 4.69) is 12.2 Å². The molecule has 7 heteroatoms. The van der Waals surface area contributed by atoms with Gasteiger partial charge in [0.1, 0.15) is 6.79 Å². The van der Waals surface area contributed by atoms with Crippen LogP contribution in [0.1, 0.15) is 57.4 Å². The van der Waals surface area contributed by atoms with Gasteiger partial charge in [0.25, 0.3) is 5.91 Å². The Morgan fingerprint density at radius 3 is 2.48 bits per heavy atom. The lowest BCUT2D eigenvalue weighted by molar-refractivity contribution is -0.132. The average molecular weight is 457 g/mol. The Hall–Kier alpha value is -2.48. The van der Waals surface area contributed by atoms with Gasteiger partial charge in [-0.05, 0) is 61.3 Å². The Kier molecular flexibility index (Phi) is 9.66. The second-order valence-corrected chi connectivity index (χ2v) is 9.01. The number of ether oxygens (including phenoxy) is 2. The van der Waals surface area contributed by atoms with Crippen LogP contribution < -0.4 is 10.8 Å². The molecule has 3 N–H and O–H groups in total. The van der Waals surface area contributed by atoms with E-state index in [1.807, 2.05) is 49.4 Å². The van der Waals surface area contributed by atoms with Crippen LogP contribution in [0.25, 0.3) is 10.8 Å². The van der Waals surface area contributed by atoms with Crippen molar-refractivity contribution in [2.75, 3.05) is 20.0 Å². The molecule has 0 saturated heterocycles. The Morgan fingerprint density at radius 1 is 1.06 bits per heavy atom. The first-order valence-corrected chi connectivity index (χ1v) is 11.9. The summed E-state index contributed by atoms with van der Waals surface area (Å²) in [6, 6.07) is 13.3. The average Bonchev–Trinajstić information content (AvgIpc) is 2.84. The molecule has 1 aliphatic rings. The van der Waals surface area contributed by atoms with E-state index in [0.717, 1.165) is 42.0 Å². The zero-order valence-corrected chi connectivity index (χ0v) is 19.6. The van der Waals surface area contributed by atoms with Crippen LogP contribution in [0, 0.1) is 11.8 Å². The summed E-state index contributed by atoms with van der Waals surface area (Å²) in [5, 5.41) is 14.6. The van der Waals surface area contributed by atoms with Crippen molar-refractivity contribution in [1.82, 2.24) is 10.8 Å². The quantitative estimate of drug-likeness (QED) is 0.204. The van der Waals surface area contributed by atoms with Crippen molar-refractivity contribution in [2.45, 2.75) is 57.9 Å². The van der Waals surface area contributed by atoms with E-state index in [0.29, 0.717) is 18.9 Å². The fourth-order valence-electron chi connectivity index (χ4n) is 4.52. The molecule has 2 aromatic rings. The first-order valence-electron chi connectivity index (χ1n) is 11.9. The van der Waals surface area contributed by atoms with Crippen LogP contribution in [0.15, 0.2) is 42.5 Å².